The third-order valence-electron chi connectivity index (χ3n) is 4.23. The first kappa shape index (κ1) is 19.4. The Kier molecular flexibility index (Phi) is 5.37. The average Bonchev–Trinajstić information content (AvgIpc) is 2.65. The van der Waals surface area contributed by atoms with Crippen LogP contribution in [0, 0.1) is 13.8 Å². The van der Waals surface area contributed by atoms with Gasteiger partial charge in [-0.2, -0.15) is 0 Å². The van der Waals surface area contributed by atoms with E-state index in [4.69, 9.17) is 4.74 Å². The topological polar surface area (TPSA) is 95.5 Å². The lowest BCUT2D eigenvalue weighted by molar-refractivity contribution is -0.255. The number of hydrogen-bond donors (Lipinski definition) is 1. The molecule has 7 heteroatoms. The smallest absolute Gasteiger partial charge is 0.262 e. The van der Waals surface area contributed by atoms with E-state index in [0.29, 0.717) is 28.3 Å². The molecule has 3 aromatic rings. The van der Waals surface area contributed by atoms with Crippen LogP contribution in [0.25, 0.3) is 0 Å². The van der Waals surface area contributed by atoms with E-state index in [-0.39, 0.29) is 10.5 Å². The number of aryl methyl sites for hydroxylation is 1. The van der Waals surface area contributed by atoms with Gasteiger partial charge in [-0.3, -0.25) is 4.72 Å². The Hall–Kier alpha value is -3.32. The van der Waals surface area contributed by atoms with Crippen LogP contribution >= 0.6 is 0 Å². The zero-order valence-corrected chi connectivity index (χ0v) is 16.1. The number of carbonyl (C=O) groups is 1. The van der Waals surface area contributed by atoms with E-state index in [2.05, 4.69) is 4.72 Å². The Balaban J connectivity index is 1.84. The molecular formula is C21H18NO5S-. The van der Waals surface area contributed by atoms with Crippen molar-refractivity contribution < 1.29 is 23.1 Å². The number of para-hydroxylation sites is 1. The monoisotopic (exact) mass is 396 g/mol. The molecule has 28 heavy (non-hydrogen) atoms. The molecule has 0 aliphatic carbocycles. The number of anilines is 1. The van der Waals surface area contributed by atoms with E-state index < -0.39 is 16.0 Å². The van der Waals surface area contributed by atoms with Crippen LogP contribution in [0.15, 0.2) is 71.6 Å². The molecule has 144 valence electrons. The van der Waals surface area contributed by atoms with Gasteiger partial charge >= 0.3 is 0 Å². The summed E-state index contributed by atoms with van der Waals surface area (Å²) in [5.74, 6) is -0.205. The molecule has 0 amide bonds. The summed E-state index contributed by atoms with van der Waals surface area (Å²) in [5, 5.41) is 11.1. The molecular weight excluding hydrogens is 378 g/mol. The van der Waals surface area contributed by atoms with Gasteiger partial charge in [0.15, 0.2) is 0 Å². The van der Waals surface area contributed by atoms with Crippen molar-refractivity contribution in [2.45, 2.75) is 18.7 Å². The van der Waals surface area contributed by atoms with Crippen LogP contribution in [0.1, 0.15) is 21.5 Å². The molecule has 0 spiro atoms. The van der Waals surface area contributed by atoms with Crippen LogP contribution in [0.2, 0.25) is 0 Å². The Labute approximate surface area is 163 Å². The summed E-state index contributed by atoms with van der Waals surface area (Å²) in [6, 6.07) is 18.1. The number of hydrogen-bond acceptors (Lipinski definition) is 5. The highest BCUT2D eigenvalue weighted by Crippen LogP contribution is 2.26. The van der Waals surface area contributed by atoms with Crippen molar-refractivity contribution in [2.24, 2.45) is 0 Å². The molecule has 0 unspecified atom stereocenters. The summed E-state index contributed by atoms with van der Waals surface area (Å²) >= 11 is 0. The SMILES string of the molecule is Cc1cc(C(=O)[O-])cc(S(=O)(=O)Nc2ccc(Oc3ccccc3)cc2)c1C. The van der Waals surface area contributed by atoms with Crippen molar-refractivity contribution in [1.29, 1.82) is 0 Å². The van der Waals surface area contributed by atoms with Crippen molar-refractivity contribution >= 4 is 21.7 Å². The first-order valence-electron chi connectivity index (χ1n) is 8.44. The highest BCUT2D eigenvalue weighted by molar-refractivity contribution is 7.92. The predicted molar refractivity (Wildman–Crippen MR) is 104 cm³/mol. The highest BCUT2D eigenvalue weighted by atomic mass is 32.2. The number of rotatable bonds is 6. The zero-order chi connectivity index (χ0) is 20.3. The van der Waals surface area contributed by atoms with Crippen molar-refractivity contribution in [3.8, 4) is 11.5 Å². The van der Waals surface area contributed by atoms with Crippen LogP contribution < -0.4 is 14.6 Å². The van der Waals surface area contributed by atoms with E-state index in [1.165, 1.54) is 6.07 Å². The Morgan fingerprint density at radius 2 is 1.54 bits per heavy atom. The first-order chi connectivity index (χ1) is 13.3. The van der Waals surface area contributed by atoms with Crippen molar-refractivity contribution in [2.75, 3.05) is 4.72 Å². The number of benzene rings is 3. The number of nitrogens with one attached hydrogen (secondary N) is 1. The molecule has 3 rings (SSSR count). The Morgan fingerprint density at radius 1 is 0.929 bits per heavy atom. The number of carboxylic acid groups (broad SMARTS) is 1. The van der Waals surface area contributed by atoms with Gasteiger partial charge in [-0.05, 0) is 79.1 Å². The number of carboxylic acids is 1. The van der Waals surface area contributed by atoms with E-state index in [9.17, 15) is 18.3 Å². The maximum absolute atomic E-state index is 12.8. The van der Waals surface area contributed by atoms with Crippen molar-refractivity contribution in [1.82, 2.24) is 0 Å². The molecule has 0 atom stereocenters. The Morgan fingerprint density at radius 3 is 2.14 bits per heavy atom. The van der Waals surface area contributed by atoms with Gasteiger partial charge in [-0.15, -0.1) is 0 Å². The van der Waals surface area contributed by atoms with Crippen molar-refractivity contribution in [3.05, 3.63) is 83.4 Å². The number of aromatic carboxylic acids is 1. The maximum atomic E-state index is 12.8. The molecule has 6 nitrogen and oxygen atoms in total. The van der Waals surface area contributed by atoms with Crippen LogP contribution in [0.3, 0.4) is 0 Å². The van der Waals surface area contributed by atoms with E-state index in [1.807, 2.05) is 30.3 Å². The van der Waals surface area contributed by atoms with Crippen LogP contribution in [0.5, 0.6) is 11.5 Å². The van der Waals surface area contributed by atoms with E-state index in [1.54, 1.807) is 38.1 Å². The number of ether oxygens (including phenoxy) is 1. The summed E-state index contributed by atoms with van der Waals surface area (Å²) in [5.41, 5.74) is 1.17. The fourth-order valence-electron chi connectivity index (χ4n) is 2.65. The van der Waals surface area contributed by atoms with Gasteiger partial charge in [0.25, 0.3) is 10.0 Å². The quantitative estimate of drug-likeness (QED) is 0.690. The first-order valence-corrected chi connectivity index (χ1v) is 9.93. The van der Waals surface area contributed by atoms with Gasteiger partial charge in [0.05, 0.1) is 10.9 Å². The molecule has 0 saturated carbocycles. The lowest BCUT2D eigenvalue weighted by Gasteiger charge is -2.15. The molecule has 3 aromatic carbocycles. The molecule has 1 N–H and O–H groups in total. The zero-order valence-electron chi connectivity index (χ0n) is 15.3. The van der Waals surface area contributed by atoms with Gasteiger partial charge in [-0.25, -0.2) is 8.42 Å². The second kappa shape index (κ2) is 7.74. The molecule has 0 radical (unpaired) electrons. The fraction of sp³-hybridized carbons (Fsp3) is 0.0952. The highest BCUT2D eigenvalue weighted by Gasteiger charge is 2.19. The lowest BCUT2D eigenvalue weighted by atomic mass is 10.1. The molecule has 0 aromatic heterocycles. The minimum absolute atomic E-state index is 0.101. The molecule has 0 aliphatic rings. The summed E-state index contributed by atoms with van der Waals surface area (Å²) in [6.07, 6.45) is 0. The second-order valence-electron chi connectivity index (χ2n) is 6.25. The van der Waals surface area contributed by atoms with Gasteiger partial charge in [0, 0.05) is 5.69 Å². The Bertz CT molecular complexity index is 1110. The van der Waals surface area contributed by atoms with Gasteiger partial charge < -0.3 is 14.6 Å². The second-order valence-corrected chi connectivity index (χ2v) is 7.90. The average molecular weight is 396 g/mol. The maximum Gasteiger partial charge on any atom is 0.262 e. The standard InChI is InChI=1S/C21H19NO5S/c1-14-12-16(21(23)24)13-20(15(14)2)28(25,26)22-17-8-10-19(11-9-17)27-18-6-4-3-5-7-18/h3-13,22H,1-2H3,(H,23,24)/p-1. The lowest BCUT2D eigenvalue weighted by Crippen LogP contribution is -2.23. The van der Waals surface area contributed by atoms with Crippen LogP contribution in [-0.4, -0.2) is 14.4 Å². The summed E-state index contributed by atoms with van der Waals surface area (Å²) in [4.78, 5) is 11.0. The fourth-order valence-corrected chi connectivity index (χ4v) is 4.05. The molecule has 0 fully saturated rings. The minimum atomic E-state index is -3.98. The summed E-state index contributed by atoms with van der Waals surface area (Å²) < 4.78 is 33.7. The molecule has 0 saturated heterocycles. The van der Waals surface area contributed by atoms with E-state index >= 15 is 0 Å². The van der Waals surface area contributed by atoms with Crippen molar-refractivity contribution in [3.63, 3.8) is 0 Å². The minimum Gasteiger partial charge on any atom is -0.545 e. The summed E-state index contributed by atoms with van der Waals surface area (Å²) in [7, 11) is -3.98. The van der Waals surface area contributed by atoms with Gasteiger partial charge in [0.1, 0.15) is 11.5 Å². The third-order valence-corrected chi connectivity index (χ3v) is 5.74. The third kappa shape index (κ3) is 4.32. The normalized spacial score (nSPS) is 11.1. The molecule has 0 aliphatic heterocycles. The number of sulfonamides is 1. The largest absolute Gasteiger partial charge is 0.545 e. The number of carbonyl (C=O) groups excluding carboxylic acids is 1. The summed E-state index contributed by atoms with van der Waals surface area (Å²) in [6.45, 7) is 3.27. The van der Waals surface area contributed by atoms with E-state index in [0.717, 1.165) is 6.07 Å². The predicted octanol–water partition coefficient (Wildman–Crippen LogP) is 3.26. The molecule has 0 heterocycles. The van der Waals surface area contributed by atoms with Crippen LogP contribution in [-0.2, 0) is 10.0 Å². The van der Waals surface area contributed by atoms with Gasteiger partial charge in [0.2, 0.25) is 0 Å². The van der Waals surface area contributed by atoms with Crippen LogP contribution in [0.4, 0.5) is 5.69 Å². The van der Waals surface area contributed by atoms with Gasteiger partial charge in [-0.1, -0.05) is 18.2 Å². The molecule has 0 bridgehead atoms.